The summed E-state index contributed by atoms with van der Waals surface area (Å²) in [6.07, 6.45) is 0. The molecule has 2 aromatic rings. The highest BCUT2D eigenvalue weighted by Crippen LogP contribution is 2.43. The summed E-state index contributed by atoms with van der Waals surface area (Å²) >= 11 is 3.16. The third kappa shape index (κ3) is 9.26. The topological polar surface area (TPSA) is 95.8 Å². The number of aliphatic hydroxyl groups excluding tert-OH is 2. The van der Waals surface area contributed by atoms with Gasteiger partial charge in [-0.25, -0.2) is 8.78 Å². The Balaban J connectivity index is 0.000000253. The Morgan fingerprint density at radius 3 is 1.21 bits per heavy atom. The van der Waals surface area contributed by atoms with E-state index in [4.69, 9.17) is 38.1 Å². The molecule has 0 radical (unpaired) electrons. The number of rotatable bonds is 4. The maximum atomic E-state index is 13.3. The van der Waals surface area contributed by atoms with Crippen LogP contribution in [0.25, 0.3) is 0 Å². The van der Waals surface area contributed by atoms with Crippen LogP contribution >= 0.6 is 15.9 Å². The quantitative estimate of drug-likeness (QED) is 0.342. The van der Waals surface area contributed by atoms with Gasteiger partial charge in [-0.1, -0.05) is 35.5 Å². The average Bonchev–Trinajstić information content (AvgIpc) is 3.40. The number of aliphatic hydroxyl groups is 2. The van der Waals surface area contributed by atoms with Crippen LogP contribution in [-0.2, 0) is 41.1 Å². The first-order valence-corrected chi connectivity index (χ1v) is 16.2. The standard InChI is InChI=1S/C13H18BFO3.C12H24B2O4.C7H6BrFO.CH4/c1-12(2)13(3,4)18-14(17-12)10-5-6-11(15)9(7-10)8-16;1-9(2)10(3,4)16-13(15-9)14-17-11(5,6)12(7,8)18-14;8-6-1-2-7(9)5(3-6)4-10;/h5-7,16H,8H2,1-4H3;1-8H3;1-3,10H,4H2;1H4. The maximum absolute atomic E-state index is 13.3. The van der Waals surface area contributed by atoms with Crippen molar-refractivity contribution in [3.8, 4) is 0 Å². The third-order valence-electron chi connectivity index (χ3n) is 9.71. The predicted molar refractivity (Wildman–Crippen MR) is 187 cm³/mol. The van der Waals surface area contributed by atoms with E-state index in [0.29, 0.717) is 5.56 Å². The van der Waals surface area contributed by atoms with Crippen LogP contribution in [0.3, 0.4) is 0 Å². The Hall–Kier alpha value is -1.35. The van der Waals surface area contributed by atoms with Crippen LogP contribution in [0.15, 0.2) is 40.9 Å². The molecule has 14 heteroatoms. The Kier molecular flexibility index (Phi) is 13.2. The minimum absolute atomic E-state index is 0. The fourth-order valence-electron chi connectivity index (χ4n) is 4.51. The highest BCUT2D eigenvalue weighted by molar-refractivity contribution is 9.10. The van der Waals surface area contributed by atoms with Gasteiger partial charge in [0.15, 0.2) is 0 Å². The summed E-state index contributed by atoms with van der Waals surface area (Å²) in [6.45, 7) is 23.5. The smallest absolute Gasteiger partial charge is 0.405 e. The average molecular weight is 727 g/mol. The van der Waals surface area contributed by atoms with E-state index in [0.717, 1.165) is 9.94 Å². The lowest BCUT2D eigenvalue weighted by Gasteiger charge is -2.32. The fraction of sp³-hybridized carbons (Fsp3) is 0.636. The van der Waals surface area contributed by atoms with Gasteiger partial charge in [-0.15, -0.1) is 0 Å². The first-order valence-electron chi connectivity index (χ1n) is 15.4. The van der Waals surface area contributed by atoms with E-state index in [1.54, 1.807) is 24.3 Å². The normalized spacial score (nSPS) is 22.5. The molecule has 47 heavy (non-hydrogen) atoms. The molecule has 3 fully saturated rings. The van der Waals surface area contributed by atoms with Crippen molar-refractivity contribution in [2.24, 2.45) is 0 Å². The number of halogens is 3. The zero-order chi connectivity index (χ0) is 35.1. The molecule has 0 amide bonds. The molecule has 2 aromatic carbocycles. The van der Waals surface area contributed by atoms with Gasteiger partial charge in [0.2, 0.25) is 0 Å². The molecular formula is C33H52B3BrF2O8. The molecule has 0 spiro atoms. The third-order valence-corrected chi connectivity index (χ3v) is 10.2. The van der Waals surface area contributed by atoms with E-state index < -0.39 is 38.2 Å². The molecule has 0 aromatic heterocycles. The second kappa shape index (κ2) is 14.9. The van der Waals surface area contributed by atoms with Crippen LogP contribution in [0, 0.1) is 11.6 Å². The van der Waals surface area contributed by atoms with Gasteiger partial charge >= 0.3 is 21.1 Å². The van der Waals surface area contributed by atoms with Gasteiger partial charge in [-0.2, -0.15) is 0 Å². The zero-order valence-electron chi connectivity index (χ0n) is 29.1. The Bertz CT molecular complexity index is 1290. The number of hydrogen-bond acceptors (Lipinski definition) is 8. The van der Waals surface area contributed by atoms with Crippen molar-refractivity contribution in [2.75, 3.05) is 0 Å². The summed E-state index contributed by atoms with van der Waals surface area (Å²) in [5.74, 6) is -0.788. The van der Waals surface area contributed by atoms with Gasteiger partial charge in [0, 0.05) is 15.6 Å². The van der Waals surface area contributed by atoms with E-state index in [-0.39, 0.29) is 54.4 Å². The maximum Gasteiger partial charge on any atom is 0.494 e. The van der Waals surface area contributed by atoms with Gasteiger partial charge in [0.05, 0.1) is 46.8 Å². The van der Waals surface area contributed by atoms with Crippen molar-refractivity contribution in [3.05, 3.63) is 63.6 Å². The van der Waals surface area contributed by atoms with Crippen LogP contribution in [0.2, 0.25) is 0 Å². The van der Waals surface area contributed by atoms with Crippen molar-refractivity contribution in [3.63, 3.8) is 0 Å². The summed E-state index contributed by atoms with van der Waals surface area (Å²) in [5, 5.41) is 17.7. The summed E-state index contributed by atoms with van der Waals surface area (Å²) in [6, 6.07) is 8.99. The molecule has 0 saturated carbocycles. The van der Waals surface area contributed by atoms with E-state index >= 15 is 0 Å². The van der Waals surface area contributed by atoms with E-state index in [2.05, 4.69) is 15.9 Å². The first-order chi connectivity index (χ1) is 20.9. The Morgan fingerprint density at radius 1 is 0.553 bits per heavy atom. The van der Waals surface area contributed by atoms with Gasteiger partial charge in [-0.05, 0) is 113 Å². The van der Waals surface area contributed by atoms with Crippen LogP contribution in [0.5, 0.6) is 0 Å². The highest BCUT2D eigenvalue weighted by atomic mass is 79.9. The minimum atomic E-state index is -0.527. The molecule has 0 atom stereocenters. The fourth-order valence-corrected chi connectivity index (χ4v) is 4.91. The molecule has 0 bridgehead atoms. The Morgan fingerprint density at radius 2 is 0.872 bits per heavy atom. The van der Waals surface area contributed by atoms with E-state index in [1.165, 1.54) is 12.1 Å². The van der Waals surface area contributed by atoms with Crippen molar-refractivity contribution in [1.82, 2.24) is 0 Å². The molecular weight excluding hydrogens is 675 g/mol. The molecule has 5 rings (SSSR count). The van der Waals surface area contributed by atoms with Crippen molar-refractivity contribution in [1.29, 1.82) is 0 Å². The van der Waals surface area contributed by atoms with Crippen LogP contribution in [0.1, 0.15) is 102 Å². The van der Waals surface area contributed by atoms with Gasteiger partial charge in [0.25, 0.3) is 0 Å². The largest absolute Gasteiger partial charge is 0.494 e. The number of benzene rings is 2. The van der Waals surface area contributed by atoms with Crippen molar-refractivity contribution < 1.29 is 46.9 Å². The molecule has 0 aliphatic carbocycles. The second-order valence-corrected chi connectivity index (χ2v) is 15.7. The van der Waals surface area contributed by atoms with Gasteiger partial charge in [-0.3, -0.25) is 0 Å². The molecule has 3 aliphatic heterocycles. The lowest BCUT2D eigenvalue weighted by molar-refractivity contribution is 0.00578. The summed E-state index contributed by atoms with van der Waals surface area (Å²) in [5.41, 5.74) is -1.00. The van der Waals surface area contributed by atoms with E-state index in [1.807, 2.05) is 83.1 Å². The van der Waals surface area contributed by atoms with Crippen molar-refractivity contribution >= 4 is 42.5 Å². The monoisotopic (exact) mass is 726 g/mol. The van der Waals surface area contributed by atoms with Crippen LogP contribution in [0.4, 0.5) is 8.78 Å². The highest BCUT2D eigenvalue weighted by Gasteiger charge is 2.63. The summed E-state index contributed by atoms with van der Waals surface area (Å²) < 4.78 is 62.3. The molecule has 0 unspecified atom stereocenters. The Labute approximate surface area is 289 Å². The second-order valence-electron chi connectivity index (χ2n) is 14.7. The minimum Gasteiger partial charge on any atom is -0.405 e. The van der Waals surface area contributed by atoms with Crippen LogP contribution in [-0.4, -0.2) is 65.0 Å². The molecule has 2 N–H and O–H groups in total. The van der Waals surface area contributed by atoms with Crippen molar-refractivity contribution in [2.45, 2.75) is 137 Å². The SMILES string of the molecule is C.CC1(C)OB(B2OC(C)(C)C(C)(C)O2)OC1(C)C.CC1(C)OB(c2ccc(F)c(CO)c2)OC1(C)C.OCc1cc(Br)ccc1F. The predicted octanol–water partition coefficient (Wildman–Crippen LogP) is 6.58. The molecule has 3 heterocycles. The lowest BCUT2D eigenvalue weighted by Crippen LogP contribution is -2.41. The molecule has 3 saturated heterocycles. The van der Waals surface area contributed by atoms with E-state index in [9.17, 15) is 8.78 Å². The number of hydrogen-bond donors (Lipinski definition) is 2. The van der Waals surface area contributed by atoms with Crippen LogP contribution < -0.4 is 5.46 Å². The molecule has 262 valence electrons. The molecule has 8 nitrogen and oxygen atoms in total. The zero-order valence-corrected chi connectivity index (χ0v) is 30.7. The summed E-state index contributed by atoms with van der Waals surface area (Å²) in [7, 11) is -1.48. The molecule has 3 aliphatic rings. The van der Waals surface area contributed by atoms with Gasteiger partial charge in [0.1, 0.15) is 11.6 Å². The summed E-state index contributed by atoms with van der Waals surface area (Å²) in [4.78, 5) is 0. The lowest BCUT2D eigenvalue weighted by atomic mass is 9.49. The van der Waals surface area contributed by atoms with Gasteiger partial charge < -0.3 is 38.1 Å². The first kappa shape index (κ1) is 41.8.